The van der Waals surface area contributed by atoms with Gasteiger partial charge in [0.25, 0.3) is 5.91 Å². The first-order valence-electron chi connectivity index (χ1n) is 9.91. The number of hydrogen-bond acceptors (Lipinski definition) is 5. The molecule has 1 heterocycles. The van der Waals surface area contributed by atoms with Gasteiger partial charge in [-0.25, -0.2) is 0 Å². The van der Waals surface area contributed by atoms with Gasteiger partial charge in [0.15, 0.2) is 6.61 Å². The van der Waals surface area contributed by atoms with Crippen LogP contribution in [0, 0.1) is 11.8 Å². The van der Waals surface area contributed by atoms with Crippen molar-refractivity contribution in [3.05, 3.63) is 42.5 Å². The molecule has 2 aromatic rings. The maximum absolute atomic E-state index is 12.6. The van der Waals surface area contributed by atoms with Gasteiger partial charge in [0, 0.05) is 20.7 Å². The average Bonchev–Trinajstić information content (AvgIpc) is 2.97. The molecule has 1 aliphatic carbocycles. The highest BCUT2D eigenvalue weighted by atomic mass is 79.9. The SMILES string of the molecule is O=C(COC(=O)CN1C(=O)[C@@H]2C[C@@H](Br)[C@@H](Br)C[C@H]2C1=O)Nc1cccc2ccccc12. The van der Waals surface area contributed by atoms with Gasteiger partial charge >= 0.3 is 5.97 Å². The summed E-state index contributed by atoms with van der Waals surface area (Å²) < 4.78 is 5.03. The Bertz CT molecular complexity index is 1030. The number of halogens is 2. The van der Waals surface area contributed by atoms with Crippen molar-refractivity contribution in [2.75, 3.05) is 18.5 Å². The third-order valence-electron chi connectivity index (χ3n) is 5.72. The molecule has 4 rings (SSSR count). The summed E-state index contributed by atoms with van der Waals surface area (Å²) in [4.78, 5) is 50.9. The molecule has 1 saturated heterocycles. The number of imide groups is 1. The van der Waals surface area contributed by atoms with Crippen LogP contribution < -0.4 is 5.32 Å². The van der Waals surface area contributed by atoms with Gasteiger partial charge in [0.05, 0.1) is 11.8 Å². The molecule has 162 valence electrons. The summed E-state index contributed by atoms with van der Waals surface area (Å²) >= 11 is 7.05. The van der Waals surface area contributed by atoms with E-state index in [0.717, 1.165) is 15.7 Å². The fraction of sp³-hybridized carbons (Fsp3) is 0.364. The van der Waals surface area contributed by atoms with Gasteiger partial charge in [-0.3, -0.25) is 24.1 Å². The number of esters is 1. The maximum atomic E-state index is 12.6. The molecule has 1 saturated carbocycles. The van der Waals surface area contributed by atoms with Crippen LogP contribution in [-0.2, 0) is 23.9 Å². The highest BCUT2D eigenvalue weighted by molar-refractivity contribution is 9.12. The van der Waals surface area contributed by atoms with Crippen molar-refractivity contribution < 1.29 is 23.9 Å². The van der Waals surface area contributed by atoms with E-state index < -0.39 is 36.9 Å². The molecule has 0 bridgehead atoms. The Labute approximate surface area is 195 Å². The fourth-order valence-corrected chi connectivity index (χ4v) is 5.40. The second kappa shape index (κ2) is 9.08. The van der Waals surface area contributed by atoms with Crippen LogP contribution in [0.25, 0.3) is 10.8 Å². The van der Waals surface area contributed by atoms with Crippen molar-refractivity contribution in [2.24, 2.45) is 11.8 Å². The minimum Gasteiger partial charge on any atom is -0.454 e. The van der Waals surface area contributed by atoms with Crippen LogP contribution in [0.2, 0.25) is 0 Å². The number of anilines is 1. The Morgan fingerprint density at radius 2 is 1.58 bits per heavy atom. The number of nitrogens with zero attached hydrogens (tertiary/aromatic N) is 1. The van der Waals surface area contributed by atoms with Crippen LogP contribution >= 0.6 is 31.9 Å². The smallest absolute Gasteiger partial charge is 0.326 e. The van der Waals surface area contributed by atoms with Gasteiger partial charge in [-0.15, -0.1) is 0 Å². The number of carbonyl (C=O) groups is 4. The standard InChI is InChI=1S/C22H20Br2N2O5/c23-16-8-14-15(9-17(16)24)22(30)26(21(14)29)10-20(28)31-11-19(27)25-18-7-3-5-12-4-1-2-6-13(12)18/h1-7,14-17H,8-11H2,(H,25,27)/t14-,15-,16-,17+/m1/s1. The number of rotatable bonds is 5. The fourth-order valence-electron chi connectivity index (χ4n) is 4.16. The lowest BCUT2D eigenvalue weighted by Crippen LogP contribution is -2.37. The zero-order valence-corrected chi connectivity index (χ0v) is 19.6. The largest absolute Gasteiger partial charge is 0.454 e. The minimum atomic E-state index is -0.792. The van der Waals surface area contributed by atoms with Gasteiger partial charge in [-0.05, 0) is 24.3 Å². The summed E-state index contributed by atoms with van der Waals surface area (Å²) in [5.41, 5.74) is 0.613. The van der Waals surface area contributed by atoms with E-state index >= 15 is 0 Å². The van der Waals surface area contributed by atoms with Crippen molar-refractivity contribution >= 4 is 72.0 Å². The zero-order valence-electron chi connectivity index (χ0n) is 16.4. The lowest BCUT2D eigenvalue weighted by atomic mass is 9.81. The topological polar surface area (TPSA) is 92.8 Å². The third-order valence-corrected chi connectivity index (χ3v) is 8.45. The molecule has 1 N–H and O–H groups in total. The molecule has 2 aromatic carbocycles. The molecule has 3 amide bonds. The lowest BCUT2D eigenvalue weighted by Gasteiger charge is -2.29. The molecule has 0 aromatic heterocycles. The van der Waals surface area contributed by atoms with Crippen molar-refractivity contribution in [3.63, 3.8) is 0 Å². The van der Waals surface area contributed by atoms with Crippen molar-refractivity contribution in [3.8, 4) is 0 Å². The van der Waals surface area contributed by atoms with E-state index in [2.05, 4.69) is 37.2 Å². The Hall–Kier alpha value is -2.26. The van der Waals surface area contributed by atoms with E-state index in [1.54, 1.807) is 6.07 Å². The van der Waals surface area contributed by atoms with Gasteiger partial charge in [0.2, 0.25) is 11.8 Å². The number of alkyl halides is 2. The Morgan fingerprint density at radius 3 is 2.26 bits per heavy atom. The number of ether oxygens (including phenoxy) is 1. The summed E-state index contributed by atoms with van der Waals surface area (Å²) in [6.45, 7) is -0.982. The summed E-state index contributed by atoms with van der Waals surface area (Å²) in [6, 6.07) is 13.1. The second-order valence-electron chi connectivity index (χ2n) is 7.71. The summed E-state index contributed by atoms with van der Waals surface area (Å²) in [6.07, 6.45) is 1.06. The Morgan fingerprint density at radius 1 is 0.968 bits per heavy atom. The second-order valence-corrected chi connectivity index (χ2v) is 10.1. The number of benzene rings is 2. The van der Waals surface area contributed by atoms with Crippen LogP contribution in [-0.4, -0.2) is 51.4 Å². The molecule has 0 unspecified atom stereocenters. The van der Waals surface area contributed by atoms with Crippen molar-refractivity contribution in [2.45, 2.75) is 22.5 Å². The van der Waals surface area contributed by atoms with Crippen LogP contribution in [0.3, 0.4) is 0 Å². The van der Waals surface area contributed by atoms with E-state index in [0.29, 0.717) is 18.5 Å². The molecule has 0 radical (unpaired) electrons. The average molecular weight is 552 g/mol. The summed E-state index contributed by atoms with van der Waals surface area (Å²) in [5.74, 6) is -2.84. The first-order chi connectivity index (χ1) is 14.8. The number of fused-ring (bicyclic) bond motifs is 2. The van der Waals surface area contributed by atoms with Crippen LogP contribution in [0.5, 0.6) is 0 Å². The maximum Gasteiger partial charge on any atom is 0.326 e. The zero-order chi connectivity index (χ0) is 22.1. The van der Waals surface area contributed by atoms with E-state index in [1.165, 1.54) is 0 Å². The number of carbonyl (C=O) groups excluding carboxylic acids is 4. The molecule has 9 heteroatoms. The molecular weight excluding hydrogens is 532 g/mol. The van der Waals surface area contributed by atoms with Gasteiger partial charge in [-0.2, -0.15) is 0 Å². The van der Waals surface area contributed by atoms with E-state index in [1.807, 2.05) is 36.4 Å². The lowest BCUT2D eigenvalue weighted by molar-refractivity contribution is -0.154. The van der Waals surface area contributed by atoms with Gasteiger partial charge in [-0.1, -0.05) is 68.3 Å². The number of likely N-dealkylation sites (tertiary alicyclic amines) is 1. The Kier molecular flexibility index (Phi) is 6.43. The van der Waals surface area contributed by atoms with Crippen LogP contribution in [0.4, 0.5) is 5.69 Å². The van der Waals surface area contributed by atoms with Crippen LogP contribution in [0.15, 0.2) is 42.5 Å². The predicted molar refractivity (Wildman–Crippen MR) is 122 cm³/mol. The molecule has 7 nitrogen and oxygen atoms in total. The van der Waals surface area contributed by atoms with Crippen molar-refractivity contribution in [1.82, 2.24) is 4.90 Å². The van der Waals surface area contributed by atoms with Crippen LogP contribution in [0.1, 0.15) is 12.8 Å². The summed E-state index contributed by atoms with van der Waals surface area (Å²) in [5, 5.41) is 4.57. The molecule has 2 aliphatic rings. The Balaban J connectivity index is 1.32. The number of nitrogens with one attached hydrogen (secondary N) is 1. The number of hydrogen-bond donors (Lipinski definition) is 1. The predicted octanol–water partition coefficient (Wildman–Crippen LogP) is 3.24. The highest BCUT2D eigenvalue weighted by Gasteiger charge is 2.52. The van der Waals surface area contributed by atoms with Gasteiger partial charge in [0.1, 0.15) is 6.54 Å². The summed E-state index contributed by atoms with van der Waals surface area (Å²) in [7, 11) is 0. The molecule has 4 atom stereocenters. The molecule has 31 heavy (non-hydrogen) atoms. The first kappa shape index (κ1) is 22.0. The van der Waals surface area contributed by atoms with Gasteiger partial charge < -0.3 is 10.1 Å². The highest BCUT2D eigenvalue weighted by Crippen LogP contribution is 2.43. The molecule has 2 fully saturated rings. The van der Waals surface area contributed by atoms with Crippen molar-refractivity contribution in [1.29, 1.82) is 0 Å². The third kappa shape index (κ3) is 4.52. The van der Waals surface area contributed by atoms with E-state index in [9.17, 15) is 19.2 Å². The molecule has 0 spiro atoms. The molecule has 1 aliphatic heterocycles. The number of amides is 3. The first-order valence-corrected chi connectivity index (χ1v) is 11.7. The normalized spacial score (nSPS) is 25.4. The van der Waals surface area contributed by atoms with E-state index in [-0.39, 0.29) is 21.5 Å². The minimum absolute atomic E-state index is 0.0927. The molecular formula is C22H20Br2N2O5. The quantitative estimate of drug-likeness (QED) is 0.350. The van der Waals surface area contributed by atoms with E-state index in [4.69, 9.17) is 4.74 Å². The monoisotopic (exact) mass is 550 g/mol.